The lowest BCUT2D eigenvalue weighted by molar-refractivity contribution is -0.131. The molecule has 6 nitrogen and oxygen atoms in total. The van der Waals surface area contributed by atoms with Crippen LogP contribution in [0.15, 0.2) is 54.6 Å². The molecule has 0 aliphatic rings. The third-order valence-electron chi connectivity index (χ3n) is 4.02. The second kappa shape index (κ2) is 10.3. The molecule has 0 radical (unpaired) electrons. The number of hydrogen-bond donors (Lipinski definition) is 2. The zero-order valence-corrected chi connectivity index (χ0v) is 14.9. The Morgan fingerprint density at radius 1 is 1.04 bits per heavy atom. The minimum atomic E-state index is -0.561. The highest BCUT2D eigenvalue weighted by Crippen LogP contribution is 2.11. The number of methoxy groups -OCH3 is 1. The zero-order valence-electron chi connectivity index (χ0n) is 14.9. The minimum Gasteiger partial charge on any atom is -0.385 e. The largest absolute Gasteiger partial charge is 0.385 e. The fraction of sp³-hybridized carbons (Fsp3) is 0.300. The van der Waals surface area contributed by atoms with Crippen LogP contribution < -0.4 is 5.48 Å². The number of carbonyl (C=O) groups excluding carboxylic acids is 2. The van der Waals surface area contributed by atoms with Gasteiger partial charge in [0.25, 0.3) is 5.91 Å². The van der Waals surface area contributed by atoms with Crippen molar-refractivity contribution >= 4 is 11.8 Å². The van der Waals surface area contributed by atoms with Crippen LogP contribution >= 0.6 is 0 Å². The summed E-state index contributed by atoms with van der Waals surface area (Å²) in [5, 5.41) is 8.67. The number of rotatable bonds is 9. The van der Waals surface area contributed by atoms with E-state index in [1.807, 2.05) is 30.3 Å². The maximum absolute atomic E-state index is 12.7. The van der Waals surface area contributed by atoms with Crippen molar-refractivity contribution in [3.05, 3.63) is 71.3 Å². The zero-order chi connectivity index (χ0) is 18.8. The van der Waals surface area contributed by atoms with Crippen molar-refractivity contribution < 1.29 is 19.5 Å². The van der Waals surface area contributed by atoms with E-state index in [2.05, 4.69) is 0 Å². The molecular formula is C20H24N2O4. The van der Waals surface area contributed by atoms with Crippen LogP contribution in [0.2, 0.25) is 0 Å². The summed E-state index contributed by atoms with van der Waals surface area (Å²) >= 11 is 0. The number of hydrogen-bond acceptors (Lipinski definition) is 4. The number of carbonyl (C=O) groups is 2. The fourth-order valence-electron chi connectivity index (χ4n) is 2.62. The predicted molar refractivity (Wildman–Crippen MR) is 97.8 cm³/mol. The van der Waals surface area contributed by atoms with Crippen LogP contribution in [0.1, 0.15) is 27.9 Å². The van der Waals surface area contributed by atoms with Gasteiger partial charge in [-0.1, -0.05) is 42.5 Å². The first-order valence-corrected chi connectivity index (χ1v) is 8.48. The molecule has 6 heteroatoms. The van der Waals surface area contributed by atoms with E-state index >= 15 is 0 Å². The molecule has 0 saturated carbocycles. The van der Waals surface area contributed by atoms with E-state index in [0.717, 1.165) is 17.5 Å². The normalized spacial score (nSPS) is 10.4. The number of nitrogens with one attached hydrogen (secondary N) is 1. The van der Waals surface area contributed by atoms with Gasteiger partial charge in [-0.25, -0.2) is 5.48 Å². The summed E-state index contributed by atoms with van der Waals surface area (Å²) in [6.45, 7) is 1.64. The lowest BCUT2D eigenvalue weighted by Crippen LogP contribution is -2.33. The van der Waals surface area contributed by atoms with E-state index in [1.54, 1.807) is 41.8 Å². The van der Waals surface area contributed by atoms with Gasteiger partial charge in [0.2, 0.25) is 5.91 Å². The monoisotopic (exact) mass is 356 g/mol. The van der Waals surface area contributed by atoms with Crippen molar-refractivity contribution in [2.24, 2.45) is 0 Å². The van der Waals surface area contributed by atoms with Crippen molar-refractivity contribution in [3.63, 3.8) is 0 Å². The molecule has 26 heavy (non-hydrogen) atoms. The van der Waals surface area contributed by atoms with Crippen LogP contribution in [0.4, 0.5) is 0 Å². The summed E-state index contributed by atoms with van der Waals surface area (Å²) in [4.78, 5) is 25.9. The molecule has 0 unspecified atom stereocenters. The van der Waals surface area contributed by atoms with Crippen molar-refractivity contribution in [2.45, 2.75) is 19.4 Å². The molecule has 138 valence electrons. The molecule has 0 aromatic heterocycles. The first-order chi connectivity index (χ1) is 12.6. The second-order valence-electron chi connectivity index (χ2n) is 5.96. The highest BCUT2D eigenvalue weighted by atomic mass is 16.5. The Balaban J connectivity index is 2.05. The lowest BCUT2D eigenvalue weighted by Gasteiger charge is -2.23. The standard InChI is InChI=1S/C20H24N2O4/c1-26-13-5-12-22(19(23)14-16-6-3-2-4-7-16)15-17-8-10-18(11-9-17)20(24)21-25/h2-4,6-11,25H,5,12-15H2,1H3,(H,21,24). The Hall–Kier alpha value is -2.70. The quantitative estimate of drug-likeness (QED) is 0.411. The summed E-state index contributed by atoms with van der Waals surface area (Å²) in [6, 6.07) is 16.4. The van der Waals surface area contributed by atoms with Gasteiger partial charge in [-0.05, 0) is 29.7 Å². The topological polar surface area (TPSA) is 78.9 Å². The minimum absolute atomic E-state index is 0.0458. The molecule has 0 bridgehead atoms. The molecule has 0 spiro atoms. The Morgan fingerprint density at radius 2 is 1.73 bits per heavy atom. The van der Waals surface area contributed by atoms with E-state index in [9.17, 15) is 9.59 Å². The molecule has 0 heterocycles. The average molecular weight is 356 g/mol. The molecule has 2 N–H and O–H groups in total. The smallest absolute Gasteiger partial charge is 0.274 e. The number of ether oxygens (including phenoxy) is 1. The van der Waals surface area contributed by atoms with E-state index in [0.29, 0.717) is 31.7 Å². The Morgan fingerprint density at radius 3 is 2.35 bits per heavy atom. The molecule has 0 aliphatic carbocycles. The van der Waals surface area contributed by atoms with Crippen molar-refractivity contribution in [3.8, 4) is 0 Å². The molecule has 2 aromatic rings. The number of benzene rings is 2. The van der Waals surface area contributed by atoms with Gasteiger partial charge >= 0.3 is 0 Å². The molecule has 2 aromatic carbocycles. The molecule has 2 rings (SSSR count). The van der Waals surface area contributed by atoms with Crippen LogP contribution in [0, 0.1) is 0 Å². The number of nitrogens with zero attached hydrogens (tertiary/aromatic N) is 1. The van der Waals surface area contributed by atoms with Gasteiger partial charge in [0.05, 0.1) is 6.42 Å². The molecule has 0 fully saturated rings. The lowest BCUT2D eigenvalue weighted by atomic mass is 10.1. The van der Waals surface area contributed by atoms with Crippen molar-refractivity contribution in [1.82, 2.24) is 10.4 Å². The average Bonchev–Trinajstić information content (AvgIpc) is 2.68. The predicted octanol–water partition coefficient (Wildman–Crippen LogP) is 2.41. The maximum Gasteiger partial charge on any atom is 0.274 e. The Labute approximate surface area is 153 Å². The van der Waals surface area contributed by atoms with E-state index in [-0.39, 0.29) is 5.91 Å². The molecule has 2 amide bonds. The van der Waals surface area contributed by atoms with Crippen LogP contribution in [0.3, 0.4) is 0 Å². The van der Waals surface area contributed by atoms with Crippen LogP contribution in [-0.4, -0.2) is 42.2 Å². The van der Waals surface area contributed by atoms with Crippen LogP contribution in [-0.2, 0) is 22.5 Å². The first-order valence-electron chi connectivity index (χ1n) is 8.48. The van der Waals surface area contributed by atoms with Gasteiger partial charge in [0.15, 0.2) is 0 Å². The summed E-state index contributed by atoms with van der Waals surface area (Å²) in [5.41, 5.74) is 3.85. The van der Waals surface area contributed by atoms with Crippen LogP contribution in [0.25, 0.3) is 0 Å². The van der Waals surface area contributed by atoms with Crippen molar-refractivity contribution in [1.29, 1.82) is 0 Å². The van der Waals surface area contributed by atoms with Gasteiger partial charge in [-0.15, -0.1) is 0 Å². The number of hydroxylamine groups is 1. The summed E-state index contributed by atoms with van der Waals surface area (Å²) in [5.74, 6) is -0.516. The van der Waals surface area contributed by atoms with Gasteiger partial charge in [0, 0.05) is 32.4 Å². The summed E-state index contributed by atoms with van der Waals surface area (Å²) < 4.78 is 5.09. The van der Waals surface area contributed by atoms with Gasteiger partial charge < -0.3 is 9.64 Å². The van der Waals surface area contributed by atoms with Crippen molar-refractivity contribution in [2.75, 3.05) is 20.3 Å². The highest BCUT2D eigenvalue weighted by Gasteiger charge is 2.15. The molecule has 0 saturated heterocycles. The fourth-order valence-corrected chi connectivity index (χ4v) is 2.62. The number of amides is 2. The van der Waals surface area contributed by atoms with Gasteiger partial charge in [-0.3, -0.25) is 14.8 Å². The Bertz CT molecular complexity index is 702. The van der Waals surface area contributed by atoms with Gasteiger partial charge in [0.1, 0.15) is 0 Å². The molecule has 0 aliphatic heterocycles. The molecular weight excluding hydrogens is 332 g/mol. The third-order valence-corrected chi connectivity index (χ3v) is 4.02. The maximum atomic E-state index is 12.7. The first kappa shape index (κ1) is 19.6. The molecule has 0 atom stereocenters. The SMILES string of the molecule is COCCCN(Cc1ccc(C(=O)NO)cc1)C(=O)Cc1ccccc1. The van der Waals surface area contributed by atoms with Crippen LogP contribution in [0.5, 0.6) is 0 Å². The van der Waals surface area contributed by atoms with Gasteiger partial charge in [-0.2, -0.15) is 0 Å². The van der Waals surface area contributed by atoms with E-state index < -0.39 is 5.91 Å². The summed E-state index contributed by atoms with van der Waals surface area (Å²) in [6.07, 6.45) is 1.10. The van der Waals surface area contributed by atoms with E-state index in [4.69, 9.17) is 9.94 Å². The second-order valence-corrected chi connectivity index (χ2v) is 5.96. The Kier molecular flexibility index (Phi) is 7.79. The van der Waals surface area contributed by atoms with E-state index in [1.165, 1.54) is 0 Å². The third kappa shape index (κ3) is 5.98. The highest BCUT2D eigenvalue weighted by molar-refractivity contribution is 5.93. The summed E-state index contributed by atoms with van der Waals surface area (Å²) in [7, 11) is 1.64.